The monoisotopic (exact) mass is 243 g/mol. The van der Waals surface area contributed by atoms with Crippen molar-refractivity contribution in [1.29, 1.82) is 0 Å². The van der Waals surface area contributed by atoms with E-state index in [0.29, 0.717) is 17.0 Å². The van der Waals surface area contributed by atoms with E-state index in [1.54, 1.807) is 19.9 Å². The van der Waals surface area contributed by atoms with E-state index in [9.17, 15) is 4.79 Å². The molecule has 1 heterocycles. The van der Waals surface area contributed by atoms with Crippen molar-refractivity contribution < 1.29 is 14.4 Å². The number of carbonyl (C=O) groups is 1. The van der Waals surface area contributed by atoms with Crippen molar-refractivity contribution in [3.63, 3.8) is 0 Å². The standard InChI is InChI=1S/C14H13NO3/c1-9(14(16)17)8-12-10(2)15-18-13(12)11-6-4-3-5-7-11/h3-8H,1-2H3,(H,16,17)/b9-8+. The van der Waals surface area contributed by atoms with Crippen molar-refractivity contribution in [3.05, 3.63) is 47.2 Å². The summed E-state index contributed by atoms with van der Waals surface area (Å²) in [6.07, 6.45) is 1.58. The molecule has 0 atom stereocenters. The average molecular weight is 243 g/mol. The minimum absolute atomic E-state index is 0.249. The highest BCUT2D eigenvalue weighted by Crippen LogP contribution is 2.27. The molecule has 0 unspecified atom stereocenters. The molecule has 0 spiro atoms. The molecule has 0 amide bonds. The van der Waals surface area contributed by atoms with Crippen LogP contribution in [0.3, 0.4) is 0 Å². The fourth-order valence-electron chi connectivity index (χ4n) is 1.62. The molecule has 0 saturated heterocycles. The first-order valence-electron chi connectivity index (χ1n) is 5.53. The van der Waals surface area contributed by atoms with E-state index in [4.69, 9.17) is 9.63 Å². The lowest BCUT2D eigenvalue weighted by molar-refractivity contribution is -0.132. The van der Waals surface area contributed by atoms with E-state index in [-0.39, 0.29) is 5.57 Å². The first kappa shape index (κ1) is 12.1. The van der Waals surface area contributed by atoms with Gasteiger partial charge in [-0.2, -0.15) is 0 Å². The van der Waals surface area contributed by atoms with Crippen molar-refractivity contribution in [2.45, 2.75) is 13.8 Å². The molecule has 0 bridgehead atoms. The van der Waals surface area contributed by atoms with Crippen molar-refractivity contribution in [2.75, 3.05) is 0 Å². The van der Waals surface area contributed by atoms with Gasteiger partial charge in [0.05, 0.1) is 5.69 Å². The number of hydrogen-bond acceptors (Lipinski definition) is 3. The third kappa shape index (κ3) is 2.32. The fourth-order valence-corrected chi connectivity index (χ4v) is 1.62. The van der Waals surface area contributed by atoms with Crippen LogP contribution in [0.2, 0.25) is 0 Å². The smallest absolute Gasteiger partial charge is 0.331 e. The number of benzene rings is 1. The van der Waals surface area contributed by atoms with E-state index in [1.807, 2.05) is 30.3 Å². The maximum absolute atomic E-state index is 10.9. The Morgan fingerprint density at radius 3 is 2.61 bits per heavy atom. The second-order valence-electron chi connectivity index (χ2n) is 4.01. The van der Waals surface area contributed by atoms with Gasteiger partial charge in [0, 0.05) is 16.7 Å². The molecule has 18 heavy (non-hydrogen) atoms. The fraction of sp³-hybridized carbons (Fsp3) is 0.143. The lowest BCUT2D eigenvalue weighted by Gasteiger charge is -1.98. The largest absolute Gasteiger partial charge is 0.478 e. The third-order valence-corrected chi connectivity index (χ3v) is 2.64. The number of aliphatic carboxylic acids is 1. The highest BCUT2D eigenvalue weighted by Gasteiger charge is 2.14. The molecule has 0 radical (unpaired) electrons. The highest BCUT2D eigenvalue weighted by molar-refractivity contribution is 5.92. The van der Waals surface area contributed by atoms with Gasteiger partial charge in [-0.05, 0) is 19.9 Å². The minimum Gasteiger partial charge on any atom is -0.478 e. The van der Waals surface area contributed by atoms with Crippen LogP contribution >= 0.6 is 0 Å². The molecule has 2 aromatic rings. The molecule has 4 heteroatoms. The number of hydrogen-bond donors (Lipinski definition) is 1. The van der Waals surface area contributed by atoms with E-state index < -0.39 is 5.97 Å². The zero-order chi connectivity index (χ0) is 13.1. The molecular formula is C14H13NO3. The molecule has 2 rings (SSSR count). The van der Waals surface area contributed by atoms with Crippen LogP contribution in [0.5, 0.6) is 0 Å². The minimum atomic E-state index is -0.949. The van der Waals surface area contributed by atoms with Crippen LogP contribution < -0.4 is 0 Å². The first-order chi connectivity index (χ1) is 8.59. The lowest BCUT2D eigenvalue weighted by Crippen LogP contribution is -1.96. The molecular weight excluding hydrogens is 230 g/mol. The molecule has 1 aromatic carbocycles. The molecule has 0 aliphatic heterocycles. The molecule has 0 saturated carbocycles. The summed E-state index contributed by atoms with van der Waals surface area (Å²) < 4.78 is 5.27. The number of aryl methyl sites for hydroxylation is 1. The van der Waals surface area contributed by atoms with Gasteiger partial charge < -0.3 is 9.63 Å². The van der Waals surface area contributed by atoms with Crippen LogP contribution in [0.4, 0.5) is 0 Å². The molecule has 0 aliphatic carbocycles. The predicted octanol–water partition coefficient (Wildman–Crippen LogP) is 3.14. The number of carboxylic acid groups (broad SMARTS) is 1. The number of rotatable bonds is 3. The zero-order valence-corrected chi connectivity index (χ0v) is 10.2. The van der Waals surface area contributed by atoms with Gasteiger partial charge in [0.15, 0.2) is 5.76 Å². The topological polar surface area (TPSA) is 63.3 Å². The average Bonchev–Trinajstić information content (AvgIpc) is 2.72. The van der Waals surface area contributed by atoms with E-state index >= 15 is 0 Å². The van der Waals surface area contributed by atoms with Gasteiger partial charge >= 0.3 is 5.97 Å². The lowest BCUT2D eigenvalue weighted by atomic mass is 10.0. The summed E-state index contributed by atoms with van der Waals surface area (Å²) in [4.78, 5) is 10.9. The summed E-state index contributed by atoms with van der Waals surface area (Å²) in [7, 11) is 0. The Morgan fingerprint density at radius 2 is 2.00 bits per heavy atom. The van der Waals surface area contributed by atoms with E-state index in [0.717, 1.165) is 5.56 Å². The maximum Gasteiger partial charge on any atom is 0.331 e. The van der Waals surface area contributed by atoms with Crippen LogP contribution in [0.15, 0.2) is 40.4 Å². The van der Waals surface area contributed by atoms with Gasteiger partial charge in [-0.1, -0.05) is 35.5 Å². The Bertz CT molecular complexity index is 597. The molecule has 0 aliphatic rings. The molecule has 1 N–H and O–H groups in total. The summed E-state index contributed by atoms with van der Waals surface area (Å²) >= 11 is 0. The Hall–Kier alpha value is -2.36. The SMILES string of the molecule is C/C(=C\c1c(C)noc1-c1ccccc1)C(=O)O. The normalized spacial score (nSPS) is 11.6. The van der Waals surface area contributed by atoms with Gasteiger partial charge in [-0.3, -0.25) is 0 Å². The second kappa shape index (κ2) is 4.87. The summed E-state index contributed by atoms with van der Waals surface area (Å²) in [5, 5.41) is 12.8. The Kier molecular flexibility index (Phi) is 3.28. The molecule has 4 nitrogen and oxygen atoms in total. The summed E-state index contributed by atoms with van der Waals surface area (Å²) in [5.74, 6) is -0.358. The molecule has 0 fully saturated rings. The van der Waals surface area contributed by atoms with Gasteiger partial charge in [0.25, 0.3) is 0 Å². The number of nitrogens with zero attached hydrogens (tertiary/aromatic N) is 1. The van der Waals surface area contributed by atoms with Gasteiger partial charge in [0.1, 0.15) is 0 Å². The second-order valence-corrected chi connectivity index (χ2v) is 4.01. The van der Waals surface area contributed by atoms with Crippen molar-refractivity contribution in [1.82, 2.24) is 5.16 Å². The highest BCUT2D eigenvalue weighted by atomic mass is 16.5. The number of aromatic nitrogens is 1. The van der Waals surface area contributed by atoms with Crippen molar-refractivity contribution in [2.24, 2.45) is 0 Å². The Morgan fingerprint density at radius 1 is 1.33 bits per heavy atom. The van der Waals surface area contributed by atoms with Crippen LogP contribution in [0, 0.1) is 6.92 Å². The Balaban J connectivity index is 2.52. The zero-order valence-electron chi connectivity index (χ0n) is 10.2. The predicted molar refractivity (Wildman–Crippen MR) is 68.0 cm³/mol. The third-order valence-electron chi connectivity index (χ3n) is 2.64. The van der Waals surface area contributed by atoms with Crippen LogP contribution in [0.1, 0.15) is 18.2 Å². The summed E-state index contributed by atoms with van der Waals surface area (Å²) in [5.41, 5.74) is 2.51. The van der Waals surface area contributed by atoms with Gasteiger partial charge in [-0.25, -0.2) is 4.79 Å². The maximum atomic E-state index is 10.9. The van der Waals surface area contributed by atoms with Crippen LogP contribution in [-0.4, -0.2) is 16.2 Å². The Labute approximate surface area is 105 Å². The van der Waals surface area contributed by atoms with Crippen molar-refractivity contribution in [3.8, 4) is 11.3 Å². The molecule has 92 valence electrons. The van der Waals surface area contributed by atoms with Crippen LogP contribution in [-0.2, 0) is 4.79 Å². The van der Waals surface area contributed by atoms with E-state index in [2.05, 4.69) is 5.16 Å². The number of carboxylic acids is 1. The van der Waals surface area contributed by atoms with E-state index in [1.165, 1.54) is 0 Å². The van der Waals surface area contributed by atoms with Crippen LogP contribution in [0.25, 0.3) is 17.4 Å². The first-order valence-corrected chi connectivity index (χ1v) is 5.53. The quantitative estimate of drug-likeness (QED) is 0.841. The molecule has 1 aromatic heterocycles. The van der Waals surface area contributed by atoms with Gasteiger partial charge in [-0.15, -0.1) is 0 Å². The summed E-state index contributed by atoms with van der Waals surface area (Å²) in [6, 6.07) is 9.49. The van der Waals surface area contributed by atoms with Crippen molar-refractivity contribution >= 4 is 12.0 Å². The summed E-state index contributed by atoms with van der Waals surface area (Å²) in [6.45, 7) is 3.33. The van der Waals surface area contributed by atoms with Gasteiger partial charge in [0.2, 0.25) is 0 Å².